The van der Waals surface area contributed by atoms with E-state index in [1.807, 2.05) is 30.5 Å². The molecular formula is C16H21NO3S. The highest BCUT2D eigenvalue weighted by Crippen LogP contribution is 2.22. The Bertz CT molecular complexity index is 518. The van der Waals surface area contributed by atoms with E-state index in [0.29, 0.717) is 25.1 Å². The molecule has 5 heteroatoms. The van der Waals surface area contributed by atoms with Gasteiger partial charge >= 0.3 is 5.97 Å². The number of thioether (sulfide) groups is 1. The summed E-state index contributed by atoms with van der Waals surface area (Å²) in [5, 5.41) is 0. The molecule has 0 aliphatic carbocycles. The molecule has 0 spiro atoms. The number of nitrogens with zero attached hydrogens (tertiary/aromatic N) is 1. The zero-order valence-corrected chi connectivity index (χ0v) is 13.3. The molecule has 1 aliphatic heterocycles. The SMILES string of the molecule is CCOC(=O)C1CCCN1C(=O)c1cccc(CSC)c1. The second-order valence-corrected chi connectivity index (χ2v) is 5.91. The molecule has 1 heterocycles. The van der Waals surface area contributed by atoms with Crippen molar-refractivity contribution in [2.45, 2.75) is 31.6 Å². The Labute approximate surface area is 129 Å². The molecule has 21 heavy (non-hydrogen) atoms. The molecule has 0 aromatic heterocycles. The second kappa shape index (κ2) is 7.50. The zero-order valence-electron chi connectivity index (χ0n) is 12.5. The number of ether oxygens (including phenoxy) is 1. The minimum atomic E-state index is -0.429. The summed E-state index contributed by atoms with van der Waals surface area (Å²) in [7, 11) is 0. The Balaban J connectivity index is 2.14. The third kappa shape index (κ3) is 3.79. The summed E-state index contributed by atoms with van der Waals surface area (Å²) in [4.78, 5) is 26.2. The van der Waals surface area contributed by atoms with Crippen LogP contribution >= 0.6 is 11.8 Å². The quantitative estimate of drug-likeness (QED) is 0.785. The summed E-state index contributed by atoms with van der Waals surface area (Å²) in [5.74, 6) is 0.514. The minimum Gasteiger partial charge on any atom is -0.464 e. The standard InChI is InChI=1S/C16H21NO3S/c1-3-20-16(19)14-8-5-9-17(14)15(18)13-7-4-6-12(10-13)11-21-2/h4,6-7,10,14H,3,5,8-9,11H2,1-2H3. The molecule has 1 unspecified atom stereocenters. The van der Waals surface area contributed by atoms with Gasteiger partial charge in [-0.3, -0.25) is 4.79 Å². The van der Waals surface area contributed by atoms with Gasteiger partial charge in [-0.2, -0.15) is 11.8 Å². The first kappa shape index (κ1) is 15.9. The van der Waals surface area contributed by atoms with Crippen molar-refractivity contribution in [3.63, 3.8) is 0 Å². The molecule has 1 amide bonds. The Kier molecular flexibility index (Phi) is 5.67. The molecule has 1 fully saturated rings. The maximum absolute atomic E-state index is 12.6. The zero-order chi connectivity index (χ0) is 15.2. The lowest BCUT2D eigenvalue weighted by Gasteiger charge is -2.23. The van der Waals surface area contributed by atoms with Gasteiger partial charge in [0.2, 0.25) is 0 Å². The highest BCUT2D eigenvalue weighted by Gasteiger charge is 2.35. The average molecular weight is 307 g/mol. The lowest BCUT2D eigenvalue weighted by atomic mass is 10.1. The number of likely N-dealkylation sites (tertiary alicyclic amines) is 1. The number of carbonyl (C=O) groups excluding carboxylic acids is 2. The van der Waals surface area contributed by atoms with Gasteiger partial charge in [0.15, 0.2) is 0 Å². The van der Waals surface area contributed by atoms with Crippen molar-refractivity contribution in [2.75, 3.05) is 19.4 Å². The Morgan fingerprint density at radius 3 is 2.95 bits per heavy atom. The van der Waals surface area contributed by atoms with E-state index in [2.05, 4.69) is 0 Å². The number of carbonyl (C=O) groups is 2. The number of amides is 1. The predicted octanol–water partition coefficient (Wildman–Crippen LogP) is 2.72. The average Bonchev–Trinajstić information content (AvgIpc) is 2.97. The summed E-state index contributed by atoms with van der Waals surface area (Å²) in [6.07, 6.45) is 3.57. The number of rotatable bonds is 5. The second-order valence-electron chi connectivity index (χ2n) is 5.04. The van der Waals surface area contributed by atoms with Crippen LogP contribution in [0.25, 0.3) is 0 Å². The fourth-order valence-electron chi connectivity index (χ4n) is 2.62. The van der Waals surface area contributed by atoms with E-state index >= 15 is 0 Å². The van der Waals surface area contributed by atoms with Crippen LogP contribution in [-0.2, 0) is 15.3 Å². The lowest BCUT2D eigenvalue weighted by molar-refractivity contribution is -0.147. The number of benzene rings is 1. The van der Waals surface area contributed by atoms with Crippen LogP contribution in [0, 0.1) is 0 Å². The van der Waals surface area contributed by atoms with E-state index in [1.165, 1.54) is 0 Å². The third-order valence-electron chi connectivity index (χ3n) is 3.56. The summed E-state index contributed by atoms with van der Waals surface area (Å²) in [6, 6.07) is 7.21. The molecule has 0 bridgehead atoms. The van der Waals surface area contributed by atoms with Crippen molar-refractivity contribution in [3.05, 3.63) is 35.4 Å². The fourth-order valence-corrected chi connectivity index (χ4v) is 3.13. The van der Waals surface area contributed by atoms with E-state index in [4.69, 9.17) is 4.74 Å². The third-order valence-corrected chi connectivity index (χ3v) is 4.18. The molecule has 1 aromatic rings. The lowest BCUT2D eigenvalue weighted by Crippen LogP contribution is -2.41. The van der Waals surface area contributed by atoms with Crippen LogP contribution in [0.1, 0.15) is 35.7 Å². The Morgan fingerprint density at radius 1 is 1.43 bits per heavy atom. The highest BCUT2D eigenvalue weighted by atomic mass is 32.2. The molecule has 0 saturated carbocycles. The van der Waals surface area contributed by atoms with Crippen LogP contribution in [0.4, 0.5) is 0 Å². The molecular weight excluding hydrogens is 286 g/mol. The van der Waals surface area contributed by atoms with Crippen LogP contribution in [-0.4, -0.2) is 42.2 Å². The summed E-state index contributed by atoms with van der Waals surface area (Å²) >= 11 is 1.72. The molecule has 0 N–H and O–H groups in total. The number of esters is 1. The van der Waals surface area contributed by atoms with Crippen molar-refractivity contribution in [2.24, 2.45) is 0 Å². The topological polar surface area (TPSA) is 46.6 Å². The first-order chi connectivity index (χ1) is 10.2. The van der Waals surface area contributed by atoms with Gasteiger partial charge in [0.05, 0.1) is 6.61 Å². The first-order valence-electron chi connectivity index (χ1n) is 7.22. The van der Waals surface area contributed by atoms with E-state index < -0.39 is 6.04 Å². The molecule has 1 aliphatic rings. The molecule has 114 valence electrons. The first-order valence-corrected chi connectivity index (χ1v) is 8.62. The van der Waals surface area contributed by atoms with Crippen LogP contribution in [0.15, 0.2) is 24.3 Å². The molecule has 1 atom stereocenters. The molecule has 1 saturated heterocycles. The van der Waals surface area contributed by atoms with E-state index in [1.54, 1.807) is 23.6 Å². The van der Waals surface area contributed by atoms with Crippen molar-refractivity contribution < 1.29 is 14.3 Å². The van der Waals surface area contributed by atoms with Crippen molar-refractivity contribution >= 4 is 23.6 Å². The number of hydrogen-bond donors (Lipinski definition) is 0. The Morgan fingerprint density at radius 2 is 2.24 bits per heavy atom. The highest BCUT2D eigenvalue weighted by molar-refractivity contribution is 7.97. The van der Waals surface area contributed by atoms with Crippen molar-refractivity contribution in [3.8, 4) is 0 Å². The summed E-state index contributed by atoms with van der Waals surface area (Å²) < 4.78 is 5.07. The summed E-state index contributed by atoms with van der Waals surface area (Å²) in [5.41, 5.74) is 1.78. The molecule has 1 aromatic carbocycles. The van der Waals surface area contributed by atoms with Gasteiger partial charge in [-0.25, -0.2) is 4.79 Å². The van der Waals surface area contributed by atoms with Gasteiger partial charge in [0.25, 0.3) is 5.91 Å². The van der Waals surface area contributed by atoms with Crippen LogP contribution in [0.5, 0.6) is 0 Å². The minimum absolute atomic E-state index is 0.0755. The van der Waals surface area contributed by atoms with Crippen LogP contribution < -0.4 is 0 Å². The summed E-state index contributed by atoms with van der Waals surface area (Å²) in [6.45, 7) is 2.75. The van der Waals surface area contributed by atoms with Gasteiger partial charge in [0, 0.05) is 17.9 Å². The smallest absolute Gasteiger partial charge is 0.328 e. The maximum atomic E-state index is 12.6. The van der Waals surface area contributed by atoms with Gasteiger partial charge < -0.3 is 9.64 Å². The molecule has 4 nitrogen and oxygen atoms in total. The van der Waals surface area contributed by atoms with Crippen LogP contribution in [0.3, 0.4) is 0 Å². The van der Waals surface area contributed by atoms with E-state index in [0.717, 1.165) is 17.7 Å². The fraction of sp³-hybridized carbons (Fsp3) is 0.500. The van der Waals surface area contributed by atoms with Gasteiger partial charge in [-0.1, -0.05) is 12.1 Å². The molecule has 0 radical (unpaired) electrons. The monoisotopic (exact) mass is 307 g/mol. The maximum Gasteiger partial charge on any atom is 0.328 e. The van der Waals surface area contributed by atoms with Crippen LogP contribution in [0.2, 0.25) is 0 Å². The van der Waals surface area contributed by atoms with E-state index in [-0.39, 0.29) is 11.9 Å². The van der Waals surface area contributed by atoms with E-state index in [9.17, 15) is 9.59 Å². The number of hydrogen-bond acceptors (Lipinski definition) is 4. The van der Waals surface area contributed by atoms with Gasteiger partial charge in [-0.05, 0) is 43.7 Å². The normalized spacial score (nSPS) is 17.8. The Hall–Kier alpha value is -1.49. The van der Waals surface area contributed by atoms with Gasteiger partial charge in [-0.15, -0.1) is 0 Å². The largest absolute Gasteiger partial charge is 0.464 e. The predicted molar refractivity (Wildman–Crippen MR) is 84.4 cm³/mol. The molecule has 2 rings (SSSR count). The van der Waals surface area contributed by atoms with Crippen molar-refractivity contribution in [1.82, 2.24) is 4.90 Å². The van der Waals surface area contributed by atoms with Crippen molar-refractivity contribution in [1.29, 1.82) is 0 Å². The van der Waals surface area contributed by atoms with Gasteiger partial charge in [0.1, 0.15) is 6.04 Å².